The van der Waals surface area contributed by atoms with E-state index >= 15 is 0 Å². The van der Waals surface area contributed by atoms with E-state index in [1.807, 2.05) is 0 Å². The molecule has 1 radical (unpaired) electrons. The third-order valence-corrected chi connectivity index (χ3v) is 1.75. The number of carbonyl (C=O) groups is 1. The van der Waals surface area contributed by atoms with Gasteiger partial charge in [0, 0.05) is 18.6 Å². The zero-order valence-corrected chi connectivity index (χ0v) is 8.01. The minimum atomic E-state index is -0.480. The number of nitrogens with zero attached hydrogens (tertiary/aromatic N) is 1. The number of carbonyl (C=O) groups excluding carboxylic acids is 1. The molecule has 0 saturated heterocycles. The van der Waals surface area contributed by atoms with Crippen LogP contribution in [0.15, 0.2) is 24.3 Å². The summed E-state index contributed by atoms with van der Waals surface area (Å²) in [6.45, 7) is 3.49. The van der Waals surface area contributed by atoms with Crippen molar-refractivity contribution in [2.75, 3.05) is 0 Å². The second kappa shape index (κ2) is 5.09. The molecule has 0 aliphatic carbocycles. The molecule has 0 aromatic heterocycles. The Bertz CT molecular complexity index is 358. The third kappa shape index (κ3) is 3.38. The van der Waals surface area contributed by atoms with E-state index in [0.29, 0.717) is 5.56 Å². The normalized spacial score (nSPS) is 9.67. The number of rotatable bonds is 4. The number of nitro groups is 1. The number of nitro benzene ring substituents is 1. The van der Waals surface area contributed by atoms with Crippen LogP contribution in [0.1, 0.15) is 12.0 Å². The van der Waals surface area contributed by atoms with Crippen LogP contribution in [0.3, 0.4) is 0 Å². The molecule has 0 heterocycles. The van der Waals surface area contributed by atoms with Gasteiger partial charge in [0.15, 0.2) is 0 Å². The van der Waals surface area contributed by atoms with Gasteiger partial charge in [-0.2, -0.15) is 0 Å². The quantitative estimate of drug-likeness (QED) is 0.430. The van der Waals surface area contributed by atoms with Crippen molar-refractivity contribution in [3.63, 3.8) is 0 Å². The third-order valence-electron chi connectivity index (χ3n) is 1.75. The van der Waals surface area contributed by atoms with Crippen molar-refractivity contribution in [3.8, 4) is 0 Å². The summed E-state index contributed by atoms with van der Waals surface area (Å²) in [4.78, 5) is 20.6. The minimum absolute atomic E-state index is 0.0160. The van der Waals surface area contributed by atoms with Crippen LogP contribution in [0.2, 0.25) is 0 Å². The number of non-ortho nitro benzene ring substituents is 1. The smallest absolute Gasteiger partial charge is 0.306 e. The van der Waals surface area contributed by atoms with Crippen molar-refractivity contribution in [1.29, 1.82) is 0 Å². The maximum atomic E-state index is 10.8. The average Bonchev–Trinajstić information content (AvgIpc) is 2.26. The van der Waals surface area contributed by atoms with Gasteiger partial charge < -0.3 is 4.74 Å². The Morgan fingerprint density at radius 3 is 2.47 bits per heavy atom. The summed E-state index contributed by atoms with van der Waals surface area (Å²) in [6.07, 6.45) is 0.0764. The van der Waals surface area contributed by atoms with Crippen LogP contribution in [-0.2, 0) is 16.1 Å². The summed E-state index contributed by atoms with van der Waals surface area (Å²) in [7, 11) is 0. The summed E-state index contributed by atoms with van der Waals surface area (Å²) < 4.78 is 4.81. The van der Waals surface area contributed by atoms with Crippen molar-refractivity contribution in [2.45, 2.75) is 13.0 Å². The maximum absolute atomic E-state index is 10.8. The number of hydrogen-bond donors (Lipinski definition) is 0. The van der Waals surface area contributed by atoms with Crippen LogP contribution in [0.4, 0.5) is 5.69 Å². The highest BCUT2D eigenvalue weighted by molar-refractivity contribution is 5.69. The molecule has 1 aromatic carbocycles. The van der Waals surface area contributed by atoms with Crippen molar-refractivity contribution in [2.24, 2.45) is 0 Å². The fraction of sp³-hybridized carbons (Fsp3) is 0.200. The van der Waals surface area contributed by atoms with E-state index in [0.717, 1.165) is 0 Å². The molecule has 0 aliphatic rings. The lowest BCUT2D eigenvalue weighted by Crippen LogP contribution is -2.02. The van der Waals surface area contributed by atoms with Crippen LogP contribution >= 0.6 is 0 Å². The molecule has 0 spiro atoms. The molecule has 1 rings (SSSR count). The molecule has 0 bridgehead atoms. The van der Waals surface area contributed by atoms with Crippen molar-refractivity contribution in [3.05, 3.63) is 46.9 Å². The lowest BCUT2D eigenvalue weighted by molar-refractivity contribution is -0.384. The molecule has 0 N–H and O–H groups in total. The molecule has 5 heteroatoms. The molecule has 15 heavy (non-hydrogen) atoms. The van der Waals surface area contributed by atoms with Crippen LogP contribution < -0.4 is 0 Å². The first kappa shape index (κ1) is 11.2. The van der Waals surface area contributed by atoms with Crippen LogP contribution in [0, 0.1) is 17.0 Å². The summed E-state index contributed by atoms with van der Waals surface area (Å²) in [5, 5.41) is 10.3. The van der Waals surface area contributed by atoms with Gasteiger partial charge in [0.1, 0.15) is 6.61 Å². The Hall–Kier alpha value is -1.91. The van der Waals surface area contributed by atoms with Gasteiger partial charge in [0.2, 0.25) is 0 Å². The first-order chi connectivity index (χ1) is 7.13. The number of benzene rings is 1. The largest absolute Gasteiger partial charge is 0.461 e. The molecule has 0 amide bonds. The van der Waals surface area contributed by atoms with Gasteiger partial charge in [-0.3, -0.25) is 14.9 Å². The second-order valence-corrected chi connectivity index (χ2v) is 2.83. The Morgan fingerprint density at radius 1 is 1.40 bits per heavy atom. The molecule has 79 valence electrons. The van der Waals surface area contributed by atoms with E-state index in [2.05, 4.69) is 6.92 Å². The van der Waals surface area contributed by atoms with E-state index in [1.165, 1.54) is 12.1 Å². The zero-order valence-electron chi connectivity index (χ0n) is 8.01. The Labute approximate surface area is 86.8 Å². The highest BCUT2D eigenvalue weighted by Gasteiger charge is 2.04. The van der Waals surface area contributed by atoms with Crippen molar-refractivity contribution < 1.29 is 14.5 Å². The van der Waals surface area contributed by atoms with Crippen molar-refractivity contribution in [1.82, 2.24) is 0 Å². The highest BCUT2D eigenvalue weighted by atomic mass is 16.6. The molecule has 0 unspecified atom stereocenters. The molecule has 0 fully saturated rings. The molecule has 5 nitrogen and oxygen atoms in total. The fourth-order valence-corrected chi connectivity index (χ4v) is 0.950. The standard InChI is InChI=1S/C10H10NO4/c1-2-10(12)15-7-8-3-5-9(6-4-8)11(13)14/h3-6H,1-2,7H2. The summed E-state index contributed by atoms with van der Waals surface area (Å²) >= 11 is 0. The minimum Gasteiger partial charge on any atom is -0.461 e. The molecular formula is C10H10NO4. The first-order valence-corrected chi connectivity index (χ1v) is 4.31. The van der Waals surface area contributed by atoms with Gasteiger partial charge >= 0.3 is 5.97 Å². The molecule has 0 atom stereocenters. The number of hydrogen-bond acceptors (Lipinski definition) is 4. The molecule has 1 aromatic rings. The van der Waals surface area contributed by atoms with Gasteiger partial charge in [-0.15, -0.1) is 0 Å². The number of ether oxygens (including phenoxy) is 1. The van der Waals surface area contributed by atoms with Gasteiger partial charge in [0.05, 0.1) is 4.92 Å². The lowest BCUT2D eigenvalue weighted by Gasteiger charge is -2.02. The Kier molecular flexibility index (Phi) is 3.79. The second-order valence-electron chi connectivity index (χ2n) is 2.83. The predicted molar refractivity (Wildman–Crippen MR) is 52.9 cm³/mol. The topological polar surface area (TPSA) is 69.4 Å². The van der Waals surface area contributed by atoms with Gasteiger partial charge in [-0.25, -0.2) is 0 Å². The summed E-state index contributed by atoms with van der Waals surface area (Å²) in [5.74, 6) is -0.395. The zero-order chi connectivity index (χ0) is 11.3. The SMILES string of the molecule is [CH2]CC(=O)OCc1ccc([N+](=O)[O-])cc1. The monoisotopic (exact) mass is 208 g/mol. The maximum Gasteiger partial charge on any atom is 0.306 e. The highest BCUT2D eigenvalue weighted by Crippen LogP contribution is 2.12. The van der Waals surface area contributed by atoms with Crippen LogP contribution in [0.25, 0.3) is 0 Å². The lowest BCUT2D eigenvalue weighted by atomic mass is 10.2. The number of esters is 1. The van der Waals surface area contributed by atoms with Crippen LogP contribution in [-0.4, -0.2) is 10.9 Å². The van der Waals surface area contributed by atoms with Gasteiger partial charge in [0.25, 0.3) is 5.69 Å². The van der Waals surface area contributed by atoms with E-state index in [4.69, 9.17) is 4.74 Å². The van der Waals surface area contributed by atoms with E-state index in [1.54, 1.807) is 12.1 Å². The van der Waals surface area contributed by atoms with Crippen molar-refractivity contribution >= 4 is 11.7 Å². The Morgan fingerprint density at radius 2 is 2.00 bits per heavy atom. The Balaban J connectivity index is 2.57. The fourth-order valence-electron chi connectivity index (χ4n) is 0.950. The summed E-state index contributed by atoms with van der Waals surface area (Å²) in [5.41, 5.74) is 0.727. The molecule has 0 saturated carbocycles. The van der Waals surface area contributed by atoms with Gasteiger partial charge in [-0.1, -0.05) is 0 Å². The summed E-state index contributed by atoms with van der Waals surface area (Å²) in [6, 6.07) is 5.84. The first-order valence-electron chi connectivity index (χ1n) is 4.31. The molecular weight excluding hydrogens is 198 g/mol. The predicted octanol–water partition coefficient (Wildman–Crippen LogP) is 1.86. The van der Waals surface area contributed by atoms with E-state index in [9.17, 15) is 14.9 Å². The van der Waals surface area contributed by atoms with E-state index in [-0.39, 0.29) is 18.7 Å². The van der Waals surface area contributed by atoms with Gasteiger partial charge in [-0.05, 0) is 24.6 Å². The molecule has 0 aliphatic heterocycles. The van der Waals surface area contributed by atoms with Crippen LogP contribution in [0.5, 0.6) is 0 Å². The van der Waals surface area contributed by atoms with E-state index < -0.39 is 10.9 Å². The average molecular weight is 208 g/mol.